The van der Waals surface area contributed by atoms with Crippen LogP contribution in [-0.4, -0.2) is 29.7 Å². The number of amides is 1. The molecule has 28 heavy (non-hydrogen) atoms. The maximum Gasteiger partial charge on any atom is 0.410 e. The van der Waals surface area contributed by atoms with E-state index in [-0.39, 0.29) is 30.6 Å². The van der Waals surface area contributed by atoms with E-state index in [0.717, 1.165) is 24.0 Å². The lowest BCUT2D eigenvalue weighted by Crippen LogP contribution is -2.43. The Labute approximate surface area is 164 Å². The third-order valence-corrected chi connectivity index (χ3v) is 5.41. The van der Waals surface area contributed by atoms with Crippen molar-refractivity contribution in [2.45, 2.75) is 44.9 Å². The van der Waals surface area contributed by atoms with Crippen molar-refractivity contribution in [2.24, 2.45) is 0 Å². The van der Waals surface area contributed by atoms with Gasteiger partial charge in [-0.1, -0.05) is 36.4 Å². The number of halogens is 1. The predicted octanol–water partition coefficient (Wildman–Crippen LogP) is 5.18. The highest BCUT2D eigenvalue weighted by Gasteiger charge is 2.41. The van der Waals surface area contributed by atoms with Crippen LogP contribution < -0.4 is 4.74 Å². The van der Waals surface area contributed by atoms with Gasteiger partial charge in [0.15, 0.2) is 0 Å². The van der Waals surface area contributed by atoms with Gasteiger partial charge in [0.25, 0.3) is 0 Å². The fourth-order valence-corrected chi connectivity index (χ4v) is 4.12. The number of hydrogen-bond acceptors (Lipinski definition) is 3. The molecule has 2 aromatic carbocycles. The zero-order chi connectivity index (χ0) is 19.5. The summed E-state index contributed by atoms with van der Waals surface area (Å²) in [4.78, 5) is 14.5. The van der Waals surface area contributed by atoms with Crippen LogP contribution in [0.3, 0.4) is 0 Å². The summed E-state index contributed by atoms with van der Waals surface area (Å²) in [7, 11) is 0. The molecule has 0 saturated carbocycles. The van der Waals surface area contributed by atoms with Gasteiger partial charge in [0.2, 0.25) is 0 Å². The fourth-order valence-electron chi connectivity index (χ4n) is 4.12. The van der Waals surface area contributed by atoms with Crippen LogP contribution in [-0.2, 0) is 11.3 Å². The van der Waals surface area contributed by atoms with Gasteiger partial charge in [-0.3, -0.25) is 4.90 Å². The van der Waals surface area contributed by atoms with E-state index in [1.165, 1.54) is 6.07 Å². The van der Waals surface area contributed by atoms with Crippen LogP contribution in [0.15, 0.2) is 54.6 Å². The Morgan fingerprint density at radius 3 is 2.71 bits per heavy atom. The molecule has 2 atom stereocenters. The summed E-state index contributed by atoms with van der Waals surface area (Å²) >= 11 is 0. The topological polar surface area (TPSA) is 38.8 Å². The number of carbonyl (C=O) groups excluding carboxylic acids is 1. The number of fused-ring (bicyclic) bond motifs is 2. The number of benzene rings is 2. The standard InChI is InChI=1S/C23H24FNO3/c1-2-27-20-10-11-21(22(24)14-20)17-12-18-8-9-19(13-17)25(18)23(26)28-15-16-6-4-3-5-7-16/h3-7,10-12,14,18-19H,2,8-9,13,15H2,1H3. The Morgan fingerprint density at radius 1 is 1.18 bits per heavy atom. The number of rotatable bonds is 5. The number of hydrogen-bond donors (Lipinski definition) is 0. The first-order chi connectivity index (χ1) is 13.7. The summed E-state index contributed by atoms with van der Waals surface area (Å²) in [6.07, 6.45) is 4.16. The maximum atomic E-state index is 14.6. The lowest BCUT2D eigenvalue weighted by Gasteiger charge is -2.33. The average Bonchev–Trinajstić information content (AvgIpc) is 2.97. The van der Waals surface area contributed by atoms with Gasteiger partial charge in [-0.25, -0.2) is 9.18 Å². The predicted molar refractivity (Wildman–Crippen MR) is 105 cm³/mol. The van der Waals surface area contributed by atoms with E-state index in [2.05, 4.69) is 0 Å². The van der Waals surface area contributed by atoms with Crippen LogP contribution in [0, 0.1) is 5.82 Å². The maximum absolute atomic E-state index is 14.6. The van der Waals surface area contributed by atoms with E-state index in [9.17, 15) is 9.18 Å². The van der Waals surface area contributed by atoms with Crippen LogP contribution in [0.4, 0.5) is 9.18 Å². The molecule has 2 aromatic rings. The van der Waals surface area contributed by atoms with Crippen molar-refractivity contribution in [2.75, 3.05) is 6.61 Å². The second-order valence-corrected chi connectivity index (χ2v) is 7.22. The van der Waals surface area contributed by atoms with Gasteiger partial charge in [-0.05, 0) is 49.5 Å². The first-order valence-corrected chi connectivity index (χ1v) is 9.78. The molecule has 0 spiro atoms. The van der Waals surface area contributed by atoms with Crippen molar-refractivity contribution in [3.05, 3.63) is 71.6 Å². The highest BCUT2D eigenvalue weighted by atomic mass is 19.1. The monoisotopic (exact) mass is 381 g/mol. The Kier molecular flexibility index (Phi) is 5.33. The molecule has 1 fully saturated rings. The van der Waals surface area contributed by atoms with Crippen molar-refractivity contribution in [1.29, 1.82) is 0 Å². The molecule has 1 saturated heterocycles. The van der Waals surface area contributed by atoms with E-state index in [0.29, 0.717) is 24.3 Å². The van der Waals surface area contributed by atoms with Crippen LogP contribution in [0.2, 0.25) is 0 Å². The molecule has 0 N–H and O–H groups in total. The van der Waals surface area contributed by atoms with Crippen molar-refractivity contribution >= 4 is 11.7 Å². The van der Waals surface area contributed by atoms with Crippen molar-refractivity contribution in [3.63, 3.8) is 0 Å². The van der Waals surface area contributed by atoms with Crippen LogP contribution in [0.5, 0.6) is 5.75 Å². The third-order valence-electron chi connectivity index (χ3n) is 5.41. The molecule has 0 aliphatic carbocycles. The van der Waals surface area contributed by atoms with Crippen LogP contribution in [0.1, 0.15) is 37.3 Å². The molecule has 0 aromatic heterocycles. The summed E-state index contributed by atoms with van der Waals surface area (Å²) < 4.78 is 25.5. The van der Waals surface area contributed by atoms with Gasteiger partial charge >= 0.3 is 6.09 Å². The van der Waals surface area contributed by atoms with Gasteiger partial charge in [0.05, 0.1) is 12.6 Å². The summed E-state index contributed by atoms with van der Waals surface area (Å²) in [6.45, 7) is 2.64. The van der Waals surface area contributed by atoms with E-state index in [4.69, 9.17) is 9.47 Å². The average molecular weight is 381 g/mol. The molecule has 2 aliphatic heterocycles. The molecule has 0 radical (unpaired) electrons. The largest absolute Gasteiger partial charge is 0.494 e. The minimum Gasteiger partial charge on any atom is -0.494 e. The summed E-state index contributed by atoms with van der Waals surface area (Å²) in [6, 6.07) is 14.7. The fraction of sp³-hybridized carbons (Fsp3) is 0.348. The lowest BCUT2D eigenvalue weighted by atomic mass is 9.94. The molecule has 4 nitrogen and oxygen atoms in total. The molecule has 2 unspecified atom stereocenters. The molecule has 2 aliphatic rings. The molecular formula is C23H24FNO3. The number of carbonyl (C=O) groups is 1. The summed E-state index contributed by atoms with van der Waals surface area (Å²) in [5.74, 6) is 0.256. The van der Waals surface area contributed by atoms with E-state index in [1.807, 2.05) is 48.2 Å². The molecule has 2 heterocycles. The molecule has 5 heteroatoms. The van der Waals surface area contributed by atoms with Crippen molar-refractivity contribution in [1.82, 2.24) is 4.90 Å². The Balaban J connectivity index is 1.47. The first kappa shape index (κ1) is 18.5. The normalized spacial score (nSPS) is 20.6. The zero-order valence-corrected chi connectivity index (χ0v) is 15.9. The SMILES string of the molecule is CCOc1ccc(C2=CC3CCC(C2)N3C(=O)OCc2ccccc2)c(F)c1. The molecule has 1 amide bonds. The highest BCUT2D eigenvalue weighted by Crippen LogP contribution is 2.40. The van der Waals surface area contributed by atoms with E-state index >= 15 is 0 Å². The molecule has 2 bridgehead atoms. The smallest absolute Gasteiger partial charge is 0.410 e. The minimum atomic E-state index is -0.293. The molecule has 146 valence electrons. The Bertz CT molecular complexity index is 881. The van der Waals surface area contributed by atoms with Gasteiger partial charge in [0.1, 0.15) is 18.2 Å². The Hall–Kier alpha value is -2.82. The van der Waals surface area contributed by atoms with Crippen molar-refractivity contribution in [3.8, 4) is 5.75 Å². The van der Waals surface area contributed by atoms with Gasteiger partial charge in [-0.15, -0.1) is 0 Å². The number of nitrogens with zero attached hydrogens (tertiary/aromatic N) is 1. The first-order valence-electron chi connectivity index (χ1n) is 9.78. The van der Waals surface area contributed by atoms with E-state index in [1.54, 1.807) is 12.1 Å². The van der Waals surface area contributed by atoms with Crippen molar-refractivity contribution < 1.29 is 18.7 Å². The number of ether oxygens (including phenoxy) is 2. The minimum absolute atomic E-state index is 0.0389. The Morgan fingerprint density at radius 2 is 2.00 bits per heavy atom. The van der Waals surface area contributed by atoms with Crippen LogP contribution in [0.25, 0.3) is 5.57 Å². The van der Waals surface area contributed by atoms with Gasteiger partial charge in [-0.2, -0.15) is 0 Å². The molecule has 4 rings (SSSR count). The van der Waals surface area contributed by atoms with Gasteiger partial charge in [0, 0.05) is 17.7 Å². The quantitative estimate of drug-likeness (QED) is 0.716. The molecular weight excluding hydrogens is 357 g/mol. The summed E-state index contributed by atoms with van der Waals surface area (Å²) in [5, 5.41) is 0. The lowest BCUT2D eigenvalue weighted by molar-refractivity contribution is 0.0832. The third kappa shape index (κ3) is 3.75. The highest BCUT2D eigenvalue weighted by molar-refractivity contribution is 5.75. The summed E-state index contributed by atoms with van der Waals surface area (Å²) in [5.41, 5.74) is 2.52. The van der Waals surface area contributed by atoms with E-state index < -0.39 is 0 Å². The second kappa shape index (κ2) is 8.05. The van der Waals surface area contributed by atoms with Crippen LogP contribution >= 0.6 is 0 Å². The van der Waals surface area contributed by atoms with Gasteiger partial charge < -0.3 is 9.47 Å². The zero-order valence-electron chi connectivity index (χ0n) is 15.9. The second-order valence-electron chi connectivity index (χ2n) is 7.22.